The standard InChI is InChI=1S/C12H25NO3S/c1-2-11-17(14,15)13-9-6-10-16-12-7-4-3-5-8-12/h12-13H,2-11H2,1H3. The van der Waals surface area contributed by atoms with Crippen molar-refractivity contribution in [2.24, 2.45) is 0 Å². The van der Waals surface area contributed by atoms with E-state index in [1.54, 1.807) is 0 Å². The van der Waals surface area contributed by atoms with Crippen LogP contribution in [0.25, 0.3) is 0 Å². The third-order valence-electron chi connectivity index (χ3n) is 3.02. The van der Waals surface area contributed by atoms with E-state index >= 15 is 0 Å². The van der Waals surface area contributed by atoms with E-state index in [0.717, 1.165) is 6.42 Å². The molecule has 1 aliphatic rings. The number of ether oxygens (including phenoxy) is 1. The maximum atomic E-state index is 11.3. The lowest BCUT2D eigenvalue weighted by atomic mass is 9.98. The Kier molecular flexibility index (Phi) is 7.08. The first-order valence-corrected chi connectivity index (χ1v) is 8.38. The average Bonchev–Trinajstić information content (AvgIpc) is 2.30. The predicted molar refractivity (Wildman–Crippen MR) is 69.5 cm³/mol. The third kappa shape index (κ3) is 7.01. The SMILES string of the molecule is CCCS(=O)(=O)NCCCOC1CCCCC1. The molecule has 4 nitrogen and oxygen atoms in total. The van der Waals surface area contributed by atoms with E-state index in [1.165, 1.54) is 32.1 Å². The van der Waals surface area contributed by atoms with Crippen molar-refractivity contribution >= 4 is 10.0 Å². The number of hydrogen-bond donors (Lipinski definition) is 1. The number of rotatable bonds is 8. The maximum absolute atomic E-state index is 11.3. The molecule has 0 aromatic heterocycles. The molecule has 1 saturated carbocycles. The summed E-state index contributed by atoms with van der Waals surface area (Å²) >= 11 is 0. The summed E-state index contributed by atoms with van der Waals surface area (Å²) in [4.78, 5) is 0. The van der Waals surface area contributed by atoms with Gasteiger partial charge in [0.1, 0.15) is 0 Å². The molecule has 0 radical (unpaired) electrons. The summed E-state index contributed by atoms with van der Waals surface area (Å²) in [7, 11) is -3.04. The van der Waals surface area contributed by atoms with Crippen molar-refractivity contribution in [2.75, 3.05) is 18.9 Å². The van der Waals surface area contributed by atoms with Crippen LogP contribution in [0.2, 0.25) is 0 Å². The Bertz CT molecular complexity index is 284. The summed E-state index contributed by atoms with van der Waals surface area (Å²) in [5.74, 6) is 0.219. The Morgan fingerprint density at radius 1 is 1.24 bits per heavy atom. The zero-order valence-corrected chi connectivity index (χ0v) is 11.6. The van der Waals surface area contributed by atoms with Gasteiger partial charge < -0.3 is 4.74 Å². The van der Waals surface area contributed by atoms with Crippen molar-refractivity contribution in [3.63, 3.8) is 0 Å². The van der Waals surface area contributed by atoms with E-state index in [9.17, 15) is 8.42 Å². The smallest absolute Gasteiger partial charge is 0.211 e. The van der Waals surface area contributed by atoms with E-state index < -0.39 is 10.0 Å². The van der Waals surface area contributed by atoms with Crippen molar-refractivity contribution in [2.45, 2.75) is 58.0 Å². The van der Waals surface area contributed by atoms with Gasteiger partial charge in [-0.2, -0.15) is 0 Å². The Balaban J connectivity index is 2.00. The molecule has 1 N–H and O–H groups in total. The molecular weight excluding hydrogens is 238 g/mol. The second kappa shape index (κ2) is 8.06. The van der Waals surface area contributed by atoms with Gasteiger partial charge in [0.25, 0.3) is 0 Å². The highest BCUT2D eigenvalue weighted by Crippen LogP contribution is 2.20. The van der Waals surface area contributed by atoms with Gasteiger partial charge in [0.2, 0.25) is 10.0 Å². The van der Waals surface area contributed by atoms with Gasteiger partial charge in [-0.15, -0.1) is 0 Å². The quantitative estimate of drug-likeness (QED) is 0.682. The van der Waals surface area contributed by atoms with Crippen LogP contribution in [0.15, 0.2) is 0 Å². The molecule has 0 aromatic carbocycles. The molecule has 0 unspecified atom stereocenters. The van der Waals surface area contributed by atoms with Crippen LogP contribution in [0.4, 0.5) is 0 Å². The lowest BCUT2D eigenvalue weighted by molar-refractivity contribution is 0.0278. The number of hydrogen-bond acceptors (Lipinski definition) is 3. The lowest BCUT2D eigenvalue weighted by Gasteiger charge is -2.21. The molecule has 0 saturated heterocycles. The monoisotopic (exact) mass is 263 g/mol. The molecule has 0 heterocycles. The van der Waals surface area contributed by atoms with E-state index in [0.29, 0.717) is 25.7 Å². The number of nitrogens with one attached hydrogen (secondary N) is 1. The fourth-order valence-electron chi connectivity index (χ4n) is 2.12. The minimum Gasteiger partial charge on any atom is -0.378 e. The van der Waals surface area contributed by atoms with Crippen LogP contribution in [0.5, 0.6) is 0 Å². The van der Waals surface area contributed by atoms with Crippen LogP contribution in [-0.2, 0) is 14.8 Å². The van der Waals surface area contributed by atoms with Gasteiger partial charge in [-0.05, 0) is 25.7 Å². The first-order chi connectivity index (χ1) is 8.14. The Hall–Kier alpha value is -0.130. The third-order valence-corrected chi connectivity index (χ3v) is 4.61. The molecule has 102 valence electrons. The molecule has 0 atom stereocenters. The molecule has 1 aliphatic carbocycles. The van der Waals surface area contributed by atoms with Crippen LogP contribution < -0.4 is 4.72 Å². The van der Waals surface area contributed by atoms with Gasteiger partial charge in [0.05, 0.1) is 11.9 Å². The fourth-order valence-corrected chi connectivity index (χ4v) is 3.26. The molecule has 1 fully saturated rings. The first kappa shape index (κ1) is 14.9. The summed E-state index contributed by atoms with van der Waals surface area (Å²) < 4.78 is 31.0. The van der Waals surface area contributed by atoms with Crippen LogP contribution in [-0.4, -0.2) is 33.4 Å². The topological polar surface area (TPSA) is 55.4 Å². The lowest BCUT2D eigenvalue weighted by Crippen LogP contribution is -2.28. The zero-order valence-electron chi connectivity index (χ0n) is 10.8. The highest BCUT2D eigenvalue weighted by molar-refractivity contribution is 7.89. The Labute approximate surface area is 105 Å². The van der Waals surface area contributed by atoms with Gasteiger partial charge in [-0.3, -0.25) is 0 Å². The minimum atomic E-state index is -3.04. The van der Waals surface area contributed by atoms with Crippen molar-refractivity contribution in [1.82, 2.24) is 4.72 Å². The molecule has 0 bridgehead atoms. The van der Waals surface area contributed by atoms with Gasteiger partial charge in [0, 0.05) is 13.2 Å². The summed E-state index contributed by atoms with van der Waals surface area (Å²) in [5.41, 5.74) is 0. The van der Waals surface area contributed by atoms with E-state index in [4.69, 9.17) is 4.74 Å². The molecule has 0 spiro atoms. The molecule has 0 aromatic rings. The van der Waals surface area contributed by atoms with Crippen LogP contribution >= 0.6 is 0 Å². The predicted octanol–water partition coefficient (Wildman–Crippen LogP) is 2.06. The molecular formula is C12H25NO3S. The van der Waals surface area contributed by atoms with Crippen molar-refractivity contribution in [3.05, 3.63) is 0 Å². The highest BCUT2D eigenvalue weighted by atomic mass is 32.2. The molecule has 0 amide bonds. The second-order valence-corrected chi connectivity index (χ2v) is 6.62. The van der Waals surface area contributed by atoms with Crippen molar-refractivity contribution in [1.29, 1.82) is 0 Å². The summed E-state index contributed by atoms with van der Waals surface area (Å²) in [6.07, 6.45) is 8.05. The minimum absolute atomic E-state index is 0.219. The normalized spacial score (nSPS) is 18.4. The average molecular weight is 263 g/mol. The van der Waals surface area contributed by atoms with Gasteiger partial charge >= 0.3 is 0 Å². The summed E-state index contributed by atoms with van der Waals surface area (Å²) in [6.45, 7) is 3.03. The maximum Gasteiger partial charge on any atom is 0.211 e. The van der Waals surface area contributed by atoms with E-state index in [1.807, 2.05) is 6.92 Å². The molecule has 5 heteroatoms. The van der Waals surface area contributed by atoms with Crippen molar-refractivity contribution in [3.8, 4) is 0 Å². The van der Waals surface area contributed by atoms with E-state index in [2.05, 4.69) is 4.72 Å². The van der Waals surface area contributed by atoms with Gasteiger partial charge in [-0.1, -0.05) is 26.2 Å². The fraction of sp³-hybridized carbons (Fsp3) is 1.00. The van der Waals surface area contributed by atoms with Crippen molar-refractivity contribution < 1.29 is 13.2 Å². The molecule has 17 heavy (non-hydrogen) atoms. The summed E-state index contributed by atoms with van der Waals surface area (Å²) in [6, 6.07) is 0. The Morgan fingerprint density at radius 2 is 1.94 bits per heavy atom. The van der Waals surface area contributed by atoms with E-state index in [-0.39, 0.29) is 5.75 Å². The highest BCUT2D eigenvalue weighted by Gasteiger charge is 2.13. The second-order valence-electron chi connectivity index (χ2n) is 4.70. The van der Waals surface area contributed by atoms with Gasteiger partial charge in [-0.25, -0.2) is 13.1 Å². The van der Waals surface area contributed by atoms with Crippen LogP contribution in [0, 0.1) is 0 Å². The number of sulfonamides is 1. The van der Waals surface area contributed by atoms with Gasteiger partial charge in [0.15, 0.2) is 0 Å². The Morgan fingerprint density at radius 3 is 2.59 bits per heavy atom. The zero-order chi connectivity index (χ0) is 12.6. The largest absolute Gasteiger partial charge is 0.378 e. The first-order valence-electron chi connectivity index (χ1n) is 6.73. The molecule has 1 rings (SSSR count). The van der Waals surface area contributed by atoms with Crippen LogP contribution in [0.3, 0.4) is 0 Å². The molecule has 0 aliphatic heterocycles. The van der Waals surface area contributed by atoms with Crippen LogP contribution in [0.1, 0.15) is 51.9 Å². The summed E-state index contributed by atoms with van der Waals surface area (Å²) in [5, 5.41) is 0.